The minimum absolute atomic E-state index is 0.0314. The van der Waals surface area contributed by atoms with Crippen molar-refractivity contribution in [1.82, 2.24) is 0 Å². The van der Waals surface area contributed by atoms with E-state index in [1.54, 1.807) is 0 Å². The summed E-state index contributed by atoms with van der Waals surface area (Å²) in [5.74, 6) is -5.03. The zero-order valence-corrected chi connectivity index (χ0v) is 26.5. The Morgan fingerprint density at radius 3 is 2.06 bits per heavy atom. The SMILES string of the molecule is C=CCOC(=O)c1cc(COC(=O)Oc2ccc([N+](=O)[O-])cc2)ccc1OC1O[C@H](C(=O)OC)[C@@H](OC(C)=O)[C@H](OC(C)=O)[C@H]1OC(C)=O. The van der Waals surface area contributed by atoms with E-state index in [2.05, 4.69) is 6.58 Å². The highest BCUT2D eigenvalue weighted by molar-refractivity contribution is 5.93. The number of hydrogen-bond donors (Lipinski definition) is 0. The summed E-state index contributed by atoms with van der Waals surface area (Å²) in [6, 6.07) is 8.48. The highest BCUT2D eigenvalue weighted by atomic mass is 16.7. The predicted molar refractivity (Wildman–Crippen MR) is 159 cm³/mol. The van der Waals surface area contributed by atoms with Crippen LogP contribution in [0.1, 0.15) is 36.7 Å². The molecular formula is C31H31NO17. The fraction of sp³-hybridized carbons (Fsp3) is 0.355. The molecule has 5 atom stereocenters. The average Bonchev–Trinajstić information content (AvgIpc) is 3.04. The predicted octanol–water partition coefficient (Wildman–Crippen LogP) is 2.73. The van der Waals surface area contributed by atoms with Crippen LogP contribution in [-0.2, 0) is 58.9 Å². The number of hydrogen-bond acceptors (Lipinski definition) is 17. The number of nitro groups is 1. The number of nitrogens with zero attached hydrogens (tertiary/aromatic N) is 1. The number of nitro benzene ring substituents is 1. The maximum Gasteiger partial charge on any atom is 0.514 e. The molecular weight excluding hydrogens is 658 g/mol. The number of rotatable bonds is 13. The smallest absolute Gasteiger partial charge is 0.467 e. The molecule has 1 unspecified atom stereocenters. The Bertz CT molecular complexity index is 1590. The van der Waals surface area contributed by atoms with Crippen LogP contribution in [0.15, 0.2) is 55.1 Å². The Morgan fingerprint density at radius 2 is 1.49 bits per heavy atom. The molecule has 49 heavy (non-hydrogen) atoms. The van der Waals surface area contributed by atoms with Crippen LogP contribution < -0.4 is 9.47 Å². The van der Waals surface area contributed by atoms with Gasteiger partial charge in [0.25, 0.3) is 5.69 Å². The third-order valence-electron chi connectivity index (χ3n) is 6.28. The fourth-order valence-corrected chi connectivity index (χ4v) is 4.35. The second-order valence-corrected chi connectivity index (χ2v) is 9.90. The maximum absolute atomic E-state index is 13.1. The second-order valence-electron chi connectivity index (χ2n) is 9.90. The summed E-state index contributed by atoms with van der Waals surface area (Å²) in [6.07, 6.45) is -8.40. The summed E-state index contributed by atoms with van der Waals surface area (Å²) in [5.41, 5.74) is -0.263. The number of ether oxygens (including phenoxy) is 9. The van der Waals surface area contributed by atoms with Gasteiger partial charge in [-0.05, 0) is 29.8 Å². The van der Waals surface area contributed by atoms with Gasteiger partial charge in [0.05, 0.1) is 12.0 Å². The van der Waals surface area contributed by atoms with Crippen LogP contribution in [0.3, 0.4) is 0 Å². The molecule has 0 amide bonds. The van der Waals surface area contributed by atoms with Gasteiger partial charge in [0.15, 0.2) is 18.3 Å². The van der Waals surface area contributed by atoms with E-state index in [1.165, 1.54) is 36.4 Å². The van der Waals surface area contributed by atoms with Crippen molar-refractivity contribution in [1.29, 1.82) is 0 Å². The van der Waals surface area contributed by atoms with Crippen molar-refractivity contribution in [3.63, 3.8) is 0 Å². The molecule has 3 rings (SSSR count). The first-order chi connectivity index (χ1) is 23.2. The highest BCUT2D eigenvalue weighted by Crippen LogP contribution is 2.33. The first kappa shape index (κ1) is 37.4. The van der Waals surface area contributed by atoms with E-state index < -0.39 is 78.2 Å². The number of benzene rings is 2. The summed E-state index contributed by atoms with van der Waals surface area (Å²) in [7, 11) is 1.02. The van der Waals surface area contributed by atoms with Gasteiger partial charge in [0.2, 0.25) is 12.4 Å². The normalized spacial score (nSPS) is 19.6. The molecule has 1 fully saturated rings. The fourth-order valence-electron chi connectivity index (χ4n) is 4.35. The molecule has 0 N–H and O–H groups in total. The average molecular weight is 690 g/mol. The van der Waals surface area contributed by atoms with E-state index in [9.17, 15) is 38.9 Å². The van der Waals surface area contributed by atoms with Crippen LogP contribution in [0.2, 0.25) is 0 Å². The van der Waals surface area contributed by atoms with Gasteiger partial charge >= 0.3 is 36.0 Å². The third-order valence-corrected chi connectivity index (χ3v) is 6.28. The molecule has 2 aromatic rings. The standard InChI is InChI=1S/C31H31NO17/c1-6-13-42-28(36)22-14-19(15-43-31(38)47-21-10-8-20(9-11-21)32(39)40)7-12-23(22)48-30-27(46-18(4)35)25(45-17(3)34)24(44-16(2)33)26(49-30)29(37)41-5/h6-12,14,24-27,30H,1,13,15H2,2-5H3/t24-,25-,26-,27+,30?/m0/s1. The van der Waals surface area contributed by atoms with E-state index in [-0.39, 0.29) is 34.9 Å². The van der Waals surface area contributed by atoms with Gasteiger partial charge < -0.3 is 42.6 Å². The number of methoxy groups -OCH3 is 1. The lowest BCUT2D eigenvalue weighted by molar-refractivity contribution is -0.384. The Morgan fingerprint density at radius 1 is 0.878 bits per heavy atom. The summed E-state index contributed by atoms with van der Waals surface area (Å²) < 4.78 is 47.6. The lowest BCUT2D eigenvalue weighted by atomic mass is 9.97. The zero-order chi connectivity index (χ0) is 36.2. The molecule has 1 aliphatic rings. The zero-order valence-electron chi connectivity index (χ0n) is 26.5. The van der Waals surface area contributed by atoms with Gasteiger partial charge in [-0.25, -0.2) is 14.4 Å². The summed E-state index contributed by atoms with van der Waals surface area (Å²) in [5, 5.41) is 10.8. The van der Waals surface area contributed by atoms with Crippen molar-refractivity contribution in [3.05, 3.63) is 76.4 Å². The van der Waals surface area contributed by atoms with Gasteiger partial charge in [-0.2, -0.15) is 0 Å². The van der Waals surface area contributed by atoms with E-state index >= 15 is 0 Å². The summed E-state index contributed by atoms with van der Waals surface area (Å²) in [6.45, 7) is 5.88. The molecule has 0 radical (unpaired) electrons. The van der Waals surface area contributed by atoms with Gasteiger partial charge in [-0.1, -0.05) is 18.7 Å². The first-order valence-electron chi connectivity index (χ1n) is 14.2. The van der Waals surface area contributed by atoms with E-state index in [1.807, 2.05) is 0 Å². The Labute approximate surface area is 277 Å². The second kappa shape index (κ2) is 17.2. The van der Waals surface area contributed by atoms with Crippen molar-refractivity contribution in [2.75, 3.05) is 13.7 Å². The van der Waals surface area contributed by atoms with Crippen LogP contribution in [0.5, 0.6) is 11.5 Å². The summed E-state index contributed by atoms with van der Waals surface area (Å²) in [4.78, 5) is 84.4. The minimum Gasteiger partial charge on any atom is -0.467 e. The Kier molecular flexibility index (Phi) is 13.1. The van der Waals surface area contributed by atoms with Crippen molar-refractivity contribution in [2.24, 2.45) is 0 Å². The van der Waals surface area contributed by atoms with Crippen molar-refractivity contribution in [2.45, 2.75) is 58.1 Å². The number of carbonyl (C=O) groups is 6. The van der Waals surface area contributed by atoms with Gasteiger partial charge in [0.1, 0.15) is 30.3 Å². The van der Waals surface area contributed by atoms with E-state index in [0.29, 0.717) is 0 Å². The minimum atomic E-state index is -1.78. The molecule has 0 aromatic heterocycles. The van der Waals surface area contributed by atoms with Crippen molar-refractivity contribution in [3.8, 4) is 11.5 Å². The van der Waals surface area contributed by atoms with Crippen LogP contribution >= 0.6 is 0 Å². The monoisotopic (exact) mass is 689 g/mol. The van der Waals surface area contributed by atoms with E-state index in [0.717, 1.165) is 40.0 Å². The van der Waals surface area contributed by atoms with Crippen LogP contribution in [-0.4, -0.2) is 85.3 Å². The largest absolute Gasteiger partial charge is 0.514 e. The maximum atomic E-state index is 13.1. The molecule has 1 heterocycles. The number of carbonyl (C=O) groups excluding carboxylic acids is 6. The van der Waals surface area contributed by atoms with Gasteiger partial charge in [0, 0.05) is 32.9 Å². The first-order valence-corrected chi connectivity index (χ1v) is 14.2. The molecule has 0 aliphatic carbocycles. The van der Waals surface area contributed by atoms with E-state index in [4.69, 9.17) is 42.6 Å². The number of esters is 5. The molecule has 18 heteroatoms. The highest BCUT2D eigenvalue weighted by Gasteiger charge is 2.56. The molecule has 2 aromatic carbocycles. The van der Waals surface area contributed by atoms with Crippen LogP contribution in [0.4, 0.5) is 10.5 Å². The van der Waals surface area contributed by atoms with Crippen LogP contribution in [0, 0.1) is 10.1 Å². The summed E-state index contributed by atoms with van der Waals surface area (Å²) >= 11 is 0. The topological polar surface area (TPSA) is 229 Å². The molecule has 1 aliphatic heterocycles. The molecule has 0 spiro atoms. The van der Waals surface area contributed by atoms with Crippen molar-refractivity contribution >= 4 is 41.7 Å². The molecule has 0 saturated carbocycles. The third kappa shape index (κ3) is 10.5. The molecule has 0 bridgehead atoms. The quantitative estimate of drug-likeness (QED) is 0.0735. The van der Waals surface area contributed by atoms with Crippen LogP contribution in [0.25, 0.3) is 0 Å². The van der Waals surface area contributed by atoms with Gasteiger partial charge in [-0.3, -0.25) is 24.5 Å². The van der Waals surface area contributed by atoms with Gasteiger partial charge in [-0.15, -0.1) is 0 Å². The Hall–Kier alpha value is -6.04. The number of non-ortho nitro benzene ring substituents is 1. The molecule has 262 valence electrons. The lowest BCUT2D eigenvalue weighted by Gasteiger charge is -2.43. The molecule has 18 nitrogen and oxygen atoms in total. The molecule has 1 saturated heterocycles. The Balaban J connectivity index is 1.94. The lowest BCUT2D eigenvalue weighted by Crippen LogP contribution is -2.64. The van der Waals surface area contributed by atoms with Crippen molar-refractivity contribution < 1.29 is 76.3 Å².